The van der Waals surface area contributed by atoms with Gasteiger partial charge in [0.2, 0.25) is 5.91 Å². The van der Waals surface area contributed by atoms with Gasteiger partial charge in [0.1, 0.15) is 5.82 Å². The molecule has 17 heavy (non-hydrogen) atoms. The number of rotatable bonds is 5. The third-order valence-electron chi connectivity index (χ3n) is 2.50. The van der Waals surface area contributed by atoms with Crippen LogP contribution in [-0.2, 0) is 4.79 Å². The van der Waals surface area contributed by atoms with Crippen LogP contribution in [0.2, 0.25) is 0 Å². The average Bonchev–Trinajstić information content (AvgIpc) is 2.29. The molecule has 0 aliphatic heterocycles. The molecule has 0 aromatic carbocycles. The second-order valence-corrected chi connectivity index (χ2v) is 4.62. The molecule has 0 unspecified atom stereocenters. The van der Waals surface area contributed by atoms with E-state index in [0.717, 1.165) is 23.1 Å². The smallest absolute Gasteiger partial charge is 0.241 e. The van der Waals surface area contributed by atoms with Crippen molar-refractivity contribution in [1.82, 2.24) is 9.88 Å². The molecule has 0 radical (unpaired) electrons. The lowest BCUT2D eigenvalue weighted by Crippen LogP contribution is -2.35. The summed E-state index contributed by atoms with van der Waals surface area (Å²) in [4.78, 5) is 17.8. The van der Waals surface area contributed by atoms with E-state index in [1.54, 1.807) is 11.1 Å². The number of hydrogen-bond donors (Lipinski definition) is 1. The number of anilines is 1. The number of carbonyl (C=O) groups excluding carboxylic acids is 1. The van der Waals surface area contributed by atoms with Crippen LogP contribution in [0.5, 0.6) is 0 Å². The van der Waals surface area contributed by atoms with Crippen LogP contribution in [0.25, 0.3) is 0 Å². The Hall–Kier alpha value is -1.10. The highest BCUT2D eigenvalue weighted by Gasteiger charge is 2.10. The van der Waals surface area contributed by atoms with Gasteiger partial charge in [0, 0.05) is 19.3 Å². The molecule has 0 spiro atoms. The van der Waals surface area contributed by atoms with E-state index in [-0.39, 0.29) is 12.5 Å². The van der Waals surface area contributed by atoms with Crippen molar-refractivity contribution in [2.75, 3.05) is 25.0 Å². The largest absolute Gasteiger partial charge is 0.360 e. The van der Waals surface area contributed by atoms with Gasteiger partial charge in [-0.1, -0.05) is 0 Å². The standard InChI is InChI=1S/C12H18BrN3O/c1-4-16(5-2)11(17)8-15-12-10(13)6-9(3)7-14-12/h6-7H,4-5,8H2,1-3H3,(H,14,15). The first-order valence-corrected chi connectivity index (χ1v) is 6.51. The number of pyridine rings is 1. The zero-order chi connectivity index (χ0) is 12.8. The fourth-order valence-corrected chi connectivity index (χ4v) is 2.11. The molecule has 4 nitrogen and oxygen atoms in total. The Labute approximate surface area is 111 Å². The molecule has 1 heterocycles. The Morgan fingerprint density at radius 1 is 1.47 bits per heavy atom. The number of nitrogens with one attached hydrogen (secondary N) is 1. The Kier molecular flexibility index (Phi) is 5.41. The van der Waals surface area contributed by atoms with E-state index in [4.69, 9.17) is 0 Å². The van der Waals surface area contributed by atoms with Gasteiger partial charge in [-0.15, -0.1) is 0 Å². The van der Waals surface area contributed by atoms with E-state index < -0.39 is 0 Å². The molecule has 0 bridgehead atoms. The number of likely N-dealkylation sites (N-methyl/N-ethyl adjacent to an activating group) is 1. The van der Waals surface area contributed by atoms with Crippen LogP contribution in [0.1, 0.15) is 19.4 Å². The van der Waals surface area contributed by atoms with Gasteiger partial charge in [-0.05, 0) is 48.3 Å². The summed E-state index contributed by atoms with van der Waals surface area (Å²) in [5, 5.41) is 3.04. The van der Waals surface area contributed by atoms with Crippen molar-refractivity contribution in [3.05, 3.63) is 22.3 Å². The Morgan fingerprint density at radius 3 is 2.65 bits per heavy atom. The first-order chi connectivity index (χ1) is 8.08. The monoisotopic (exact) mass is 299 g/mol. The van der Waals surface area contributed by atoms with Gasteiger partial charge in [-0.25, -0.2) is 4.98 Å². The van der Waals surface area contributed by atoms with Crippen molar-refractivity contribution < 1.29 is 4.79 Å². The van der Waals surface area contributed by atoms with Crippen molar-refractivity contribution >= 4 is 27.7 Å². The molecule has 0 saturated carbocycles. The van der Waals surface area contributed by atoms with Gasteiger partial charge in [0.05, 0.1) is 11.0 Å². The molecule has 0 atom stereocenters. The zero-order valence-electron chi connectivity index (χ0n) is 10.5. The molecule has 5 heteroatoms. The summed E-state index contributed by atoms with van der Waals surface area (Å²) < 4.78 is 0.879. The Balaban J connectivity index is 2.58. The van der Waals surface area contributed by atoms with Crippen molar-refractivity contribution in [3.63, 3.8) is 0 Å². The summed E-state index contributed by atoms with van der Waals surface area (Å²) >= 11 is 3.42. The molecule has 0 fully saturated rings. The summed E-state index contributed by atoms with van der Waals surface area (Å²) in [6, 6.07) is 1.97. The summed E-state index contributed by atoms with van der Waals surface area (Å²) in [6.45, 7) is 7.67. The van der Waals surface area contributed by atoms with E-state index in [2.05, 4.69) is 26.2 Å². The van der Waals surface area contributed by atoms with Gasteiger partial charge in [-0.2, -0.15) is 0 Å². The predicted octanol–water partition coefficient (Wildman–Crippen LogP) is 2.43. The average molecular weight is 300 g/mol. The molecule has 1 rings (SSSR count). The maximum Gasteiger partial charge on any atom is 0.241 e. The fraction of sp³-hybridized carbons (Fsp3) is 0.500. The second kappa shape index (κ2) is 6.59. The van der Waals surface area contributed by atoms with Crippen molar-refractivity contribution in [2.24, 2.45) is 0 Å². The number of aryl methyl sites for hydroxylation is 1. The molecule has 1 N–H and O–H groups in total. The third kappa shape index (κ3) is 4.00. The van der Waals surface area contributed by atoms with Crippen LogP contribution in [0.15, 0.2) is 16.7 Å². The van der Waals surface area contributed by atoms with Crippen LogP contribution >= 0.6 is 15.9 Å². The van der Waals surface area contributed by atoms with E-state index in [1.165, 1.54) is 0 Å². The van der Waals surface area contributed by atoms with Crippen LogP contribution < -0.4 is 5.32 Å². The highest BCUT2D eigenvalue weighted by Crippen LogP contribution is 2.20. The maximum atomic E-state index is 11.8. The maximum absolute atomic E-state index is 11.8. The van der Waals surface area contributed by atoms with Crippen LogP contribution in [-0.4, -0.2) is 35.4 Å². The molecule has 94 valence electrons. The number of amides is 1. The van der Waals surface area contributed by atoms with Crippen LogP contribution in [0.4, 0.5) is 5.82 Å². The summed E-state index contributed by atoms with van der Waals surface area (Å²) in [5.74, 6) is 0.792. The van der Waals surface area contributed by atoms with E-state index >= 15 is 0 Å². The summed E-state index contributed by atoms with van der Waals surface area (Å²) in [7, 11) is 0. The molecule has 0 aliphatic rings. The topological polar surface area (TPSA) is 45.2 Å². The van der Waals surface area contributed by atoms with Gasteiger partial charge in [0.15, 0.2) is 0 Å². The van der Waals surface area contributed by atoms with Crippen LogP contribution in [0, 0.1) is 6.92 Å². The first kappa shape index (κ1) is 14.0. The van der Waals surface area contributed by atoms with E-state index in [0.29, 0.717) is 5.82 Å². The molecule has 0 saturated heterocycles. The molecular formula is C12H18BrN3O. The first-order valence-electron chi connectivity index (χ1n) is 5.72. The van der Waals surface area contributed by atoms with Gasteiger partial charge in [0.25, 0.3) is 0 Å². The molecule has 1 aromatic heterocycles. The second-order valence-electron chi connectivity index (χ2n) is 3.76. The number of nitrogens with zero attached hydrogens (tertiary/aromatic N) is 2. The number of halogens is 1. The van der Waals surface area contributed by atoms with Gasteiger partial charge in [-0.3, -0.25) is 4.79 Å². The number of hydrogen-bond acceptors (Lipinski definition) is 3. The molecule has 1 aromatic rings. The normalized spacial score (nSPS) is 10.1. The third-order valence-corrected chi connectivity index (χ3v) is 3.11. The SMILES string of the molecule is CCN(CC)C(=O)CNc1ncc(C)cc1Br. The highest BCUT2D eigenvalue weighted by molar-refractivity contribution is 9.10. The van der Waals surface area contributed by atoms with Crippen LogP contribution in [0.3, 0.4) is 0 Å². The minimum absolute atomic E-state index is 0.0873. The molecule has 1 amide bonds. The lowest BCUT2D eigenvalue weighted by atomic mass is 10.3. The predicted molar refractivity (Wildman–Crippen MR) is 73.1 cm³/mol. The van der Waals surface area contributed by atoms with Crippen molar-refractivity contribution in [3.8, 4) is 0 Å². The fourth-order valence-electron chi connectivity index (χ4n) is 1.51. The zero-order valence-corrected chi connectivity index (χ0v) is 12.0. The lowest BCUT2D eigenvalue weighted by molar-refractivity contribution is -0.128. The Morgan fingerprint density at radius 2 is 2.12 bits per heavy atom. The van der Waals surface area contributed by atoms with E-state index in [9.17, 15) is 4.79 Å². The minimum Gasteiger partial charge on any atom is -0.360 e. The highest BCUT2D eigenvalue weighted by atomic mass is 79.9. The van der Waals surface area contributed by atoms with Gasteiger partial charge >= 0.3 is 0 Å². The number of carbonyl (C=O) groups is 1. The van der Waals surface area contributed by atoms with Crippen molar-refractivity contribution in [2.45, 2.75) is 20.8 Å². The Bertz CT molecular complexity index is 391. The quantitative estimate of drug-likeness (QED) is 0.908. The summed E-state index contributed by atoms with van der Waals surface area (Å²) in [6.07, 6.45) is 1.77. The molecular weight excluding hydrogens is 282 g/mol. The molecule has 0 aliphatic carbocycles. The lowest BCUT2D eigenvalue weighted by Gasteiger charge is -2.19. The van der Waals surface area contributed by atoms with E-state index in [1.807, 2.05) is 26.8 Å². The van der Waals surface area contributed by atoms with Crippen molar-refractivity contribution in [1.29, 1.82) is 0 Å². The number of aromatic nitrogens is 1. The summed E-state index contributed by atoms with van der Waals surface area (Å²) in [5.41, 5.74) is 1.08. The minimum atomic E-state index is 0.0873. The van der Waals surface area contributed by atoms with Gasteiger partial charge < -0.3 is 10.2 Å².